The van der Waals surface area contributed by atoms with Crippen LogP contribution in [0, 0.1) is 0 Å². The van der Waals surface area contributed by atoms with Crippen molar-refractivity contribution in [1.29, 1.82) is 0 Å². The molecule has 2 aromatic rings. The number of esters is 1. The Morgan fingerprint density at radius 2 is 1.58 bits per heavy atom. The number of hydrogen-bond acceptors (Lipinski definition) is 4. The lowest BCUT2D eigenvalue weighted by Gasteiger charge is -2.29. The monoisotopic (exact) mass is 326 g/mol. The van der Waals surface area contributed by atoms with Gasteiger partial charge in [0.2, 0.25) is 0 Å². The van der Waals surface area contributed by atoms with Crippen molar-refractivity contribution in [3.63, 3.8) is 0 Å². The van der Waals surface area contributed by atoms with E-state index in [1.807, 2.05) is 67.6 Å². The van der Waals surface area contributed by atoms with Gasteiger partial charge in [-0.15, -0.1) is 0 Å². The zero-order valence-electron chi connectivity index (χ0n) is 14.0. The fourth-order valence-corrected chi connectivity index (χ4v) is 3.07. The Kier molecular flexibility index (Phi) is 4.97. The average molecular weight is 326 g/mol. The zero-order chi connectivity index (χ0) is 17.0. The first-order valence-corrected chi connectivity index (χ1v) is 8.31. The molecule has 4 heteroatoms. The number of ether oxygens (including phenoxy) is 3. The maximum atomic E-state index is 12.7. The Balaban J connectivity index is 2.00. The van der Waals surface area contributed by atoms with Crippen LogP contribution in [0.4, 0.5) is 0 Å². The molecule has 0 N–H and O–H groups in total. The van der Waals surface area contributed by atoms with Gasteiger partial charge in [-0.1, -0.05) is 67.6 Å². The summed E-state index contributed by atoms with van der Waals surface area (Å²) in [7, 11) is 0. The maximum absolute atomic E-state index is 12.7. The predicted molar refractivity (Wildman–Crippen MR) is 90.2 cm³/mol. The fourth-order valence-electron chi connectivity index (χ4n) is 3.07. The molecule has 0 aliphatic carbocycles. The second kappa shape index (κ2) is 7.16. The highest BCUT2D eigenvalue weighted by Crippen LogP contribution is 2.49. The Morgan fingerprint density at radius 3 is 2.12 bits per heavy atom. The summed E-state index contributed by atoms with van der Waals surface area (Å²) in [5.74, 6) is -0.375. The molecule has 0 saturated carbocycles. The second-order valence-electron chi connectivity index (χ2n) is 5.75. The molecular weight excluding hydrogens is 304 g/mol. The molecule has 0 amide bonds. The summed E-state index contributed by atoms with van der Waals surface area (Å²) < 4.78 is 17.7. The highest BCUT2D eigenvalue weighted by molar-refractivity contribution is 5.81. The van der Waals surface area contributed by atoms with Crippen LogP contribution >= 0.6 is 0 Å². The van der Waals surface area contributed by atoms with Gasteiger partial charge in [0.05, 0.1) is 6.61 Å². The summed E-state index contributed by atoms with van der Waals surface area (Å²) in [5, 5.41) is 0. The highest BCUT2D eigenvalue weighted by Gasteiger charge is 2.56. The zero-order valence-corrected chi connectivity index (χ0v) is 14.0. The SMILES string of the molecule is CCOC(=O)[C@]1(CC)O[C@H](c2ccccc2)O[C@@H]1c1ccccc1. The second-order valence-corrected chi connectivity index (χ2v) is 5.75. The molecule has 1 saturated heterocycles. The van der Waals surface area contributed by atoms with Crippen LogP contribution in [0.15, 0.2) is 60.7 Å². The van der Waals surface area contributed by atoms with Crippen molar-refractivity contribution in [2.24, 2.45) is 0 Å². The third kappa shape index (κ3) is 2.95. The van der Waals surface area contributed by atoms with E-state index in [4.69, 9.17) is 14.2 Å². The van der Waals surface area contributed by atoms with E-state index < -0.39 is 18.0 Å². The van der Waals surface area contributed by atoms with Crippen molar-refractivity contribution >= 4 is 5.97 Å². The molecular formula is C20H22O4. The molecule has 3 rings (SSSR count). The maximum Gasteiger partial charge on any atom is 0.341 e. The minimum atomic E-state index is -1.14. The number of hydrogen-bond donors (Lipinski definition) is 0. The molecule has 4 nitrogen and oxygen atoms in total. The smallest absolute Gasteiger partial charge is 0.341 e. The molecule has 126 valence electrons. The van der Waals surface area contributed by atoms with Gasteiger partial charge in [-0.2, -0.15) is 0 Å². The van der Waals surface area contributed by atoms with Gasteiger partial charge < -0.3 is 14.2 Å². The van der Waals surface area contributed by atoms with Crippen LogP contribution in [-0.4, -0.2) is 18.2 Å². The number of carbonyl (C=O) groups is 1. The minimum Gasteiger partial charge on any atom is -0.464 e. The Bertz CT molecular complexity index is 671. The van der Waals surface area contributed by atoms with E-state index in [0.29, 0.717) is 13.0 Å². The summed E-state index contributed by atoms with van der Waals surface area (Å²) in [6.45, 7) is 4.02. The molecule has 0 spiro atoms. The van der Waals surface area contributed by atoms with Gasteiger partial charge in [0.25, 0.3) is 0 Å². The third-order valence-electron chi connectivity index (χ3n) is 4.32. The lowest BCUT2D eigenvalue weighted by atomic mass is 9.88. The number of carbonyl (C=O) groups excluding carboxylic acids is 1. The largest absolute Gasteiger partial charge is 0.464 e. The molecule has 1 aliphatic rings. The van der Waals surface area contributed by atoms with Gasteiger partial charge in [0.1, 0.15) is 6.10 Å². The molecule has 2 aromatic carbocycles. The van der Waals surface area contributed by atoms with Crippen LogP contribution in [0.25, 0.3) is 0 Å². The van der Waals surface area contributed by atoms with Gasteiger partial charge in [-0.3, -0.25) is 0 Å². The molecule has 3 atom stereocenters. The summed E-state index contributed by atoms with van der Waals surface area (Å²) in [6.07, 6.45) is -0.636. The summed E-state index contributed by atoms with van der Waals surface area (Å²) in [5.41, 5.74) is 0.654. The normalized spacial score (nSPS) is 26.2. The lowest BCUT2D eigenvalue weighted by Crippen LogP contribution is -2.44. The number of benzene rings is 2. The average Bonchev–Trinajstić information content (AvgIpc) is 3.04. The Hall–Kier alpha value is -2.17. The summed E-state index contributed by atoms with van der Waals surface area (Å²) >= 11 is 0. The third-order valence-corrected chi connectivity index (χ3v) is 4.32. The van der Waals surface area contributed by atoms with Crippen LogP contribution in [-0.2, 0) is 19.0 Å². The molecule has 0 radical (unpaired) electrons. The molecule has 1 aliphatic heterocycles. The Morgan fingerprint density at radius 1 is 1.00 bits per heavy atom. The topological polar surface area (TPSA) is 44.8 Å². The van der Waals surface area contributed by atoms with Gasteiger partial charge >= 0.3 is 5.97 Å². The van der Waals surface area contributed by atoms with Crippen LogP contribution < -0.4 is 0 Å². The molecule has 1 fully saturated rings. The van der Waals surface area contributed by atoms with E-state index in [-0.39, 0.29) is 5.97 Å². The molecule has 0 bridgehead atoms. The van der Waals surface area contributed by atoms with Gasteiger partial charge in [-0.25, -0.2) is 4.79 Å². The van der Waals surface area contributed by atoms with Crippen LogP contribution in [0.2, 0.25) is 0 Å². The van der Waals surface area contributed by atoms with Crippen molar-refractivity contribution in [2.75, 3.05) is 6.61 Å². The van der Waals surface area contributed by atoms with Crippen LogP contribution in [0.3, 0.4) is 0 Å². The van der Waals surface area contributed by atoms with Gasteiger partial charge in [0.15, 0.2) is 11.9 Å². The quantitative estimate of drug-likeness (QED) is 0.773. The van der Waals surface area contributed by atoms with E-state index in [2.05, 4.69) is 0 Å². The first-order chi connectivity index (χ1) is 11.7. The van der Waals surface area contributed by atoms with Crippen molar-refractivity contribution in [3.05, 3.63) is 71.8 Å². The molecule has 0 unspecified atom stereocenters. The van der Waals surface area contributed by atoms with E-state index in [1.54, 1.807) is 6.92 Å². The van der Waals surface area contributed by atoms with Crippen molar-refractivity contribution in [2.45, 2.75) is 38.3 Å². The van der Waals surface area contributed by atoms with Gasteiger partial charge in [-0.05, 0) is 18.9 Å². The molecule has 24 heavy (non-hydrogen) atoms. The highest BCUT2D eigenvalue weighted by atomic mass is 16.8. The summed E-state index contributed by atoms with van der Waals surface area (Å²) in [4.78, 5) is 12.7. The van der Waals surface area contributed by atoms with E-state index in [9.17, 15) is 4.79 Å². The minimum absolute atomic E-state index is 0.307. The standard InChI is InChI=1S/C20H22O4/c1-3-20(19(21)22-4-2)17(15-11-7-5-8-12-15)23-18(24-20)16-13-9-6-10-14-16/h5-14,17-18H,3-4H2,1-2H3/t17-,18-,20-/m1/s1. The predicted octanol–water partition coefficient (Wildman–Crippen LogP) is 4.19. The van der Waals surface area contributed by atoms with Crippen LogP contribution in [0.5, 0.6) is 0 Å². The molecule has 0 aromatic heterocycles. The van der Waals surface area contributed by atoms with Crippen LogP contribution in [0.1, 0.15) is 43.8 Å². The van der Waals surface area contributed by atoms with Crippen molar-refractivity contribution in [1.82, 2.24) is 0 Å². The lowest BCUT2D eigenvalue weighted by molar-refractivity contribution is -0.174. The molecule has 1 heterocycles. The fraction of sp³-hybridized carbons (Fsp3) is 0.350. The van der Waals surface area contributed by atoms with E-state index in [1.165, 1.54) is 0 Å². The number of rotatable bonds is 5. The van der Waals surface area contributed by atoms with Crippen molar-refractivity contribution in [3.8, 4) is 0 Å². The van der Waals surface area contributed by atoms with Crippen molar-refractivity contribution < 1.29 is 19.0 Å². The first-order valence-electron chi connectivity index (χ1n) is 8.31. The Labute approximate surface area is 142 Å². The first kappa shape index (κ1) is 16.7. The van der Waals surface area contributed by atoms with E-state index in [0.717, 1.165) is 11.1 Å². The van der Waals surface area contributed by atoms with Gasteiger partial charge in [0, 0.05) is 5.56 Å². The summed E-state index contributed by atoms with van der Waals surface area (Å²) in [6, 6.07) is 19.4. The van der Waals surface area contributed by atoms with E-state index >= 15 is 0 Å².